The fraction of sp³-hybridized carbons (Fsp3) is 0.500. The summed E-state index contributed by atoms with van der Waals surface area (Å²) in [4.78, 5) is 21.5. The number of hydrogen-bond acceptors (Lipinski definition) is 4. The van der Waals surface area contributed by atoms with Crippen LogP contribution in [0.15, 0.2) is 41.8 Å². The smallest absolute Gasteiger partial charge is 0.236 e. The third-order valence-corrected chi connectivity index (χ3v) is 7.28. The van der Waals surface area contributed by atoms with E-state index in [1.807, 2.05) is 11.3 Å². The van der Waals surface area contributed by atoms with E-state index in [9.17, 15) is 4.79 Å². The molecule has 1 saturated heterocycles. The van der Waals surface area contributed by atoms with E-state index in [0.29, 0.717) is 18.5 Å². The van der Waals surface area contributed by atoms with Crippen LogP contribution in [0.5, 0.6) is 0 Å². The second kappa shape index (κ2) is 7.28. The van der Waals surface area contributed by atoms with Crippen molar-refractivity contribution >= 4 is 22.9 Å². The maximum Gasteiger partial charge on any atom is 0.236 e. The molecular weight excluding hydrogens is 354 g/mol. The molecule has 1 aliphatic carbocycles. The molecule has 142 valence electrons. The van der Waals surface area contributed by atoms with Gasteiger partial charge in [-0.2, -0.15) is 0 Å². The number of carbonyl (C=O) groups is 1. The molecule has 0 N–H and O–H groups in total. The van der Waals surface area contributed by atoms with Gasteiger partial charge in [0.2, 0.25) is 5.91 Å². The first-order chi connectivity index (χ1) is 13.3. The van der Waals surface area contributed by atoms with Gasteiger partial charge in [-0.15, -0.1) is 11.3 Å². The molecule has 1 atom stereocenters. The number of amides is 1. The highest BCUT2D eigenvalue weighted by molar-refractivity contribution is 7.10. The van der Waals surface area contributed by atoms with Gasteiger partial charge in [0.15, 0.2) is 0 Å². The zero-order valence-corrected chi connectivity index (χ0v) is 16.5. The van der Waals surface area contributed by atoms with Crippen LogP contribution >= 0.6 is 11.3 Å². The predicted octanol–water partition coefficient (Wildman–Crippen LogP) is 3.41. The molecular formula is C22H27N3OS. The number of rotatable bonds is 4. The lowest BCUT2D eigenvalue weighted by Gasteiger charge is -2.39. The molecule has 3 aliphatic rings. The van der Waals surface area contributed by atoms with Gasteiger partial charge in [0.05, 0.1) is 6.54 Å². The van der Waals surface area contributed by atoms with E-state index in [1.54, 1.807) is 4.88 Å². The first-order valence-electron chi connectivity index (χ1n) is 10.2. The number of anilines is 1. The summed E-state index contributed by atoms with van der Waals surface area (Å²) in [6.07, 6.45) is 3.74. The normalized spacial score (nSPS) is 23.3. The molecule has 4 nitrogen and oxygen atoms in total. The van der Waals surface area contributed by atoms with Crippen molar-refractivity contribution < 1.29 is 4.79 Å². The third kappa shape index (κ3) is 3.50. The molecule has 2 aromatic rings. The molecule has 2 fully saturated rings. The van der Waals surface area contributed by atoms with Crippen molar-refractivity contribution in [1.82, 2.24) is 9.80 Å². The Morgan fingerprint density at radius 3 is 2.52 bits per heavy atom. The SMILES string of the molecule is O=C(CN1CCc2sccc2[C@H]1C1CC1)N1CCN(c2ccccc2)CC1. The number of benzene rings is 1. The molecule has 0 bridgehead atoms. The van der Waals surface area contributed by atoms with Gasteiger partial charge in [0.25, 0.3) is 0 Å². The molecule has 2 aliphatic heterocycles. The van der Waals surface area contributed by atoms with Crippen LogP contribution in [0, 0.1) is 5.92 Å². The van der Waals surface area contributed by atoms with E-state index in [1.165, 1.54) is 24.1 Å². The maximum atomic E-state index is 13.0. The van der Waals surface area contributed by atoms with Crippen molar-refractivity contribution in [3.8, 4) is 0 Å². The van der Waals surface area contributed by atoms with Gasteiger partial charge in [0.1, 0.15) is 0 Å². The summed E-state index contributed by atoms with van der Waals surface area (Å²) in [5, 5.41) is 2.23. The molecule has 5 heteroatoms. The van der Waals surface area contributed by atoms with Crippen molar-refractivity contribution in [1.29, 1.82) is 0 Å². The van der Waals surface area contributed by atoms with Crippen LogP contribution in [-0.4, -0.2) is 55.0 Å². The zero-order valence-electron chi connectivity index (χ0n) is 15.7. The first kappa shape index (κ1) is 17.3. The van der Waals surface area contributed by atoms with Gasteiger partial charge in [-0.25, -0.2) is 0 Å². The molecule has 1 aromatic carbocycles. The van der Waals surface area contributed by atoms with Gasteiger partial charge in [-0.05, 0) is 54.3 Å². The Labute approximate surface area is 165 Å². The fourth-order valence-corrected chi connectivity index (χ4v) is 5.58. The van der Waals surface area contributed by atoms with E-state index >= 15 is 0 Å². The summed E-state index contributed by atoms with van der Waals surface area (Å²) in [5.41, 5.74) is 2.77. The predicted molar refractivity (Wildman–Crippen MR) is 110 cm³/mol. The monoisotopic (exact) mass is 381 g/mol. The van der Waals surface area contributed by atoms with Gasteiger partial charge in [0, 0.05) is 49.3 Å². The zero-order chi connectivity index (χ0) is 18.2. The van der Waals surface area contributed by atoms with Gasteiger partial charge in [-0.1, -0.05) is 18.2 Å². The van der Waals surface area contributed by atoms with Crippen molar-refractivity contribution in [2.24, 2.45) is 5.92 Å². The van der Waals surface area contributed by atoms with Crippen molar-refractivity contribution in [3.63, 3.8) is 0 Å². The van der Waals surface area contributed by atoms with E-state index in [2.05, 4.69) is 56.5 Å². The van der Waals surface area contributed by atoms with Crippen LogP contribution in [-0.2, 0) is 11.2 Å². The largest absolute Gasteiger partial charge is 0.368 e. The first-order valence-corrected chi connectivity index (χ1v) is 11.1. The standard InChI is InChI=1S/C22H27N3OS/c26-21(24-13-11-23(12-14-24)18-4-2-1-3-5-18)16-25-10-8-20-19(9-15-27-20)22(25)17-6-7-17/h1-5,9,15,17,22H,6-8,10-14,16H2/t22-/m1/s1. The summed E-state index contributed by atoms with van der Waals surface area (Å²) in [5.74, 6) is 1.08. The second-order valence-electron chi connectivity index (χ2n) is 8.01. The van der Waals surface area contributed by atoms with Crippen LogP contribution in [0.3, 0.4) is 0 Å². The van der Waals surface area contributed by atoms with E-state index in [0.717, 1.165) is 45.1 Å². The highest BCUT2D eigenvalue weighted by Crippen LogP contribution is 2.48. The van der Waals surface area contributed by atoms with E-state index in [-0.39, 0.29) is 0 Å². The summed E-state index contributed by atoms with van der Waals surface area (Å²) in [7, 11) is 0. The Morgan fingerprint density at radius 1 is 1.00 bits per heavy atom. The molecule has 0 spiro atoms. The Bertz CT molecular complexity index is 793. The van der Waals surface area contributed by atoms with Crippen molar-refractivity contribution in [2.75, 3.05) is 44.2 Å². The Hall–Kier alpha value is -1.85. The molecule has 0 unspecified atom stereocenters. The molecule has 1 aromatic heterocycles. The highest BCUT2D eigenvalue weighted by atomic mass is 32.1. The number of carbonyl (C=O) groups excluding carboxylic acids is 1. The van der Waals surface area contributed by atoms with E-state index in [4.69, 9.17) is 0 Å². The van der Waals surface area contributed by atoms with Crippen molar-refractivity contribution in [3.05, 3.63) is 52.2 Å². The highest BCUT2D eigenvalue weighted by Gasteiger charge is 2.40. The Balaban J connectivity index is 1.21. The van der Waals surface area contributed by atoms with Crippen LogP contribution in [0.1, 0.15) is 29.3 Å². The summed E-state index contributed by atoms with van der Waals surface area (Å²) in [6, 6.07) is 13.3. The van der Waals surface area contributed by atoms with Gasteiger partial charge in [-0.3, -0.25) is 9.69 Å². The lowest BCUT2D eigenvalue weighted by atomic mass is 9.96. The molecule has 3 heterocycles. The molecule has 5 rings (SSSR count). The number of piperazine rings is 1. The fourth-order valence-electron chi connectivity index (χ4n) is 4.67. The summed E-state index contributed by atoms with van der Waals surface area (Å²) >= 11 is 1.89. The Kier molecular flexibility index (Phi) is 4.66. The second-order valence-corrected chi connectivity index (χ2v) is 9.01. The van der Waals surface area contributed by atoms with Gasteiger partial charge < -0.3 is 9.80 Å². The lowest BCUT2D eigenvalue weighted by molar-refractivity contribution is -0.133. The lowest BCUT2D eigenvalue weighted by Crippen LogP contribution is -2.52. The van der Waals surface area contributed by atoms with Crippen LogP contribution in [0.2, 0.25) is 0 Å². The molecule has 1 saturated carbocycles. The number of fused-ring (bicyclic) bond motifs is 1. The average molecular weight is 382 g/mol. The number of nitrogens with zero attached hydrogens (tertiary/aromatic N) is 3. The third-order valence-electron chi connectivity index (χ3n) is 6.28. The minimum atomic E-state index is 0.312. The number of hydrogen-bond donors (Lipinski definition) is 0. The maximum absolute atomic E-state index is 13.0. The van der Waals surface area contributed by atoms with Crippen LogP contribution < -0.4 is 4.90 Å². The average Bonchev–Trinajstić information content (AvgIpc) is 3.44. The Morgan fingerprint density at radius 2 is 1.78 bits per heavy atom. The number of thiophene rings is 1. The van der Waals surface area contributed by atoms with Crippen molar-refractivity contribution in [2.45, 2.75) is 25.3 Å². The minimum Gasteiger partial charge on any atom is -0.368 e. The summed E-state index contributed by atoms with van der Waals surface area (Å²) < 4.78 is 0. The van der Waals surface area contributed by atoms with Crippen LogP contribution in [0.25, 0.3) is 0 Å². The summed E-state index contributed by atoms with van der Waals surface area (Å²) in [6.45, 7) is 5.14. The molecule has 27 heavy (non-hydrogen) atoms. The van der Waals surface area contributed by atoms with Gasteiger partial charge >= 0.3 is 0 Å². The molecule has 1 amide bonds. The number of para-hydroxylation sites is 1. The molecule has 0 radical (unpaired) electrons. The topological polar surface area (TPSA) is 26.8 Å². The minimum absolute atomic E-state index is 0.312. The van der Waals surface area contributed by atoms with Crippen LogP contribution in [0.4, 0.5) is 5.69 Å². The van der Waals surface area contributed by atoms with E-state index < -0.39 is 0 Å². The quantitative estimate of drug-likeness (QED) is 0.812.